The van der Waals surface area contributed by atoms with Gasteiger partial charge in [-0.15, -0.1) is 11.6 Å². The smallest absolute Gasteiger partial charge is 0.124 e. The zero-order valence-corrected chi connectivity index (χ0v) is 12.1. The molecule has 1 aromatic carbocycles. The monoisotopic (exact) mass is 282 g/mol. The minimum Gasteiger partial charge on any atom is -0.382 e. The van der Waals surface area contributed by atoms with Crippen molar-refractivity contribution in [2.75, 3.05) is 26.9 Å². The van der Waals surface area contributed by atoms with Gasteiger partial charge >= 0.3 is 0 Å². The number of hydrogen-bond acceptors (Lipinski definition) is 3. The van der Waals surface area contributed by atoms with Crippen molar-refractivity contribution in [3.63, 3.8) is 0 Å². The summed E-state index contributed by atoms with van der Waals surface area (Å²) in [4.78, 5) is 4.54. The Kier molecular flexibility index (Phi) is 5.19. The van der Waals surface area contributed by atoms with Crippen molar-refractivity contribution in [1.29, 1.82) is 0 Å². The first-order valence-corrected chi connectivity index (χ1v) is 6.88. The molecule has 0 N–H and O–H groups in total. The number of rotatable bonds is 7. The topological polar surface area (TPSA) is 36.3 Å². The first-order valence-electron chi connectivity index (χ1n) is 6.34. The molecule has 0 fully saturated rings. The predicted octanol–water partition coefficient (Wildman–Crippen LogP) is 2.75. The number of nitrogens with zero attached hydrogens (tertiary/aromatic N) is 2. The Hall–Kier alpha value is -1.10. The SMILES string of the molecule is COCCOCCn1c(CCl)nc2ccc(C)cc21. The zero-order valence-electron chi connectivity index (χ0n) is 11.4. The number of hydrogen-bond donors (Lipinski definition) is 0. The summed E-state index contributed by atoms with van der Waals surface area (Å²) >= 11 is 5.96. The molecule has 0 amide bonds. The van der Waals surface area contributed by atoms with Crippen molar-refractivity contribution in [2.45, 2.75) is 19.3 Å². The van der Waals surface area contributed by atoms with Crippen molar-refractivity contribution in [2.24, 2.45) is 0 Å². The van der Waals surface area contributed by atoms with Crippen molar-refractivity contribution in [1.82, 2.24) is 9.55 Å². The van der Waals surface area contributed by atoms with Gasteiger partial charge in [-0.25, -0.2) is 4.98 Å². The van der Waals surface area contributed by atoms with Crippen molar-refractivity contribution in [3.05, 3.63) is 29.6 Å². The highest BCUT2D eigenvalue weighted by atomic mass is 35.5. The summed E-state index contributed by atoms with van der Waals surface area (Å²) in [6.07, 6.45) is 0. The highest BCUT2D eigenvalue weighted by molar-refractivity contribution is 6.16. The van der Waals surface area contributed by atoms with Gasteiger partial charge in [-0.3, -0.25) is 0 Å². The Morgan fingerprint density at radius 2 is 2.11 bits per heavy atom. The Balaban J connectivity index is 2.13. The number of imidazole rings is 1. The van der Waals surface area contributed by atoms with E-state index in [-0.39, 0.29) is 0 Å². The van der Waals surface area contributed by atoms with Crippen LogP contribution in [0, 0.1) is 6.92 Å². The summed E-state index contributed by atoms with van der Waals surface area (Å²) in [5.74, 6) is 1.30. The molecule has 1 heterocycles. The summed E-state index contributed by atoms with van der Waals surface area (Å²) in [6.45, 7) is 4.69. The molecule has 0 aliphatic heterocycles. The largest absolute Gasteiger partial charge is 0.382 e. The number of benzene rings is 1. The quantitative estimate of drug-likeness (QED) is 0.579. The van der Waals surface area contributed by atoms with Crippen LogP contribution >= 0.6 is 11.6 Å². The van der Waals surface area contributed by atoms with Gasteiger partial charge in [-0.1, -0.05) is 6.07 Å². The van der Waals surface area contributed by atoms with Crippen LogP contribution < -0.4 is 0 Å². The minimum absolute atomic E-state index is 0.409. The molecular weight excluding hydrogens is 264 g/mol. The molecule has 0 bridgehead atoms. The molecule has 0 atom stereocenters. The second-order valence-electron chi connectivity index (χ2n) is 4.41. The van der Waals surface area contributed by atoms with Crippen molar-refractivity contribution in [3.8, 4) is 0 Å². The molecule has 0 aliphatic carbocycles. The van der Waals surface area contributed by atoms with E-state index in [4.69, 9.17) is 21.1 Å². The van der Waals surface area contributed by atoms with Gasteiger partial charge in [0, 0.05) is 13.7 Å². The molecular formula is C14H19ClN2O2. The first-order chi connectivity index (χ1) is 9.26. The maximum absolute atomic E-state index is 5.96. The molecule has 0 radical (unpaired) electrons. The zero-order chi connectivity index (χ0) is 13.7. The van der Waals surface area contributed by atoms with Crippen LogP contribution in [0.1, 0.15) is 11.4 Å². The lowest BCUT2D eigenvalue weighted by molar-refractivity contribution is 0.0667. The van der Waals surface area contributed by atoms with Crippen LogP contribution in [0.4, 0.5) is 0 Å². The fraction of sp³-hybridized carbons (Fsp3) is 0.500. The maximum atomic E-state index is 5.96. The van der Waals surface area contributed by atoms with Gasteiger partial charge in [0.05, 0.1) is 36.7 Å². The van der Waals surface area contributed by atoms with E-state index in [0.29, 0.717) is 25.7 Å². The highest BCUT2D eigenvalue weighted by Gasteiger charge is 2.09. The third-order valence-electron chi connectivity index (χ3n) is 2.99. The number of alkyl halides is 1. The van der Waals surface area contributed by atoms with E-state index in [2.05, 4.69) is 28.6 Å². The van der Waals surface area contributed by atoms with Crippen LogP contribution in [0.2, 0.25) is 0 Å². The average molecular weight is 283 g/mol. The number of halogens is 1. The van der Waals surface area contributed by atoms with Crippen molar-refractivity contribution < 1.29 is 9.47 Å². The second-order valence-corrected chi connectivity index (χ2v) is 4.68. The molecule has 4 nitrogen and oxygen atoms in total. The third-order valence-corrected chi connectivity index (χ3v) is 3.23. The van der Waals surface area contributed by atoms with Gasteiger partial charge in [0.1, 0.15) is 5.82 Å². The molecule has 0 unspecified atom stereocenters. The molecule has 0 saturated heterocycles. The van der Waals surface area contributed by atoms with Gasteiger partial charge in [-0.05, 0) is 24.6 Å². The molecule has 19 heavy (non-hydrogen) atoms. The van der Waals surface area contributed by atoms with Gasteiger partial charge in [0.25, 0.3) is 0 Å². The molecule has 104 valence electrons. The summed E-state index contributed by atoms with van der Waals surface area (Å²) in [5, 5.41) is 0. The highest BCUT2D eigenvalue weighted by Crippen LogP contribution is 2.19. The lowest BCUT2D eigenvalue weighted by atomic mass is 10.2. The lowest BCUT2D eigenvalue weighted by Gasteiger charge is -2.08. The van der Waals surface area contributed by atoms with Crippen LogP contribution in [-0.2, 0) is 21.9 Å². The van der Waals surface area contributed by atoms with E-state index in [1.165, 1.54) is 5.56 Å². The number of ether oxygens (including phenoxy) is 2. The van der Waals surface area contributed by atoms with E-state index >= 15 is 0 Å². The minimum atomic E-state index is 0.409. The molecule has 2 rings (SSSR count). The normalized spacial score (nSPS) is 11.3. The number of fused-ring (bicyclic) bond motifs is 1. The average Bonchev–Trinajstić information content (AvgIpc) is 2.76. The number of aromatic nitrogens is 2. The van der Waals surface area contributed by atoms with Gasteiger partial charge in [0.2, 0.25) is 0 Å². The number of aryl methyl sites for hydroxylation is 1. The van der Waals surface area contributed by atoms with E-state index in [0.717, 1.165) is 23.4 Å². The first kappa shape index (κ1) is 14.3. The molecule has 0 aliphatic rings. The maximum Gasteiger partial charge on any atom is 0.124 e. The molecule has 0 saturated carbocycles. The summed E-state index contributed by atoms with van der Waals surface area (Å²) < 4.78 is 12.6. The fourth-order valence-corrected chi connectivity index (χ4v) is 2.24. The fourth-order valence-electron chi connectivity index (χ4n) is 2.03. The summed E-state index contributed by atoms with van der Waals surface area (Å²) in [7, 11) is 1.67. The third kappa shape index (κ3) is 3.47. The number of methoxy groups -OCH3 is 1. The predicted molar refractivity (Wildman–Crippen MR) is 76.7 cm³/mol. The van der Waals surface area contributed by atoms with Crippen molar-refractivity contribution >= 4 is 22.6 Å². The van der Waals surface area contributed by atoms with Gasteiger partial charge < -0.3 is 14.0 Å². The van der Waals surface area contributed by atoms with Gasteiger partial charge in [-0.2, -0.15) is 0 Å². The molecule has 1 aromatic heterocycles. The van der Waals surface area contributed by atoms with Crippen LogP contribution in [0.25, 0.3) is 11.0 Å². The Bertz CT molecular complexity index is 539. The van der Waals surface area contributed by atoms with E-state index in [9.17, 15) is 0 Å². The summed E-state index contributed by atoms with van der Waals surface area (Å²) in [5.41, 5.74) is 3.32. The van der Waals surface area contributed by atoms with E-state index in [1.807, 2.05) is 6.07 Å². The summed E-state index contributed by atoms with van der Waals surface area (Å²) in [6, 6.07) is 6.23. The lowest BCUT2D eigenvalue weighted by Crippen LogP contribution is -2.11. The Morgan fingerprint density at radius 1 is 1.26 bits per heavy atom. The molecule has 2 aromatic rings. The van der Waals surface area contributed by atoms with E-state index in [1.54, 1.807) is 7.11 Å². The van der Waals surface area contributed by atoms with Crippen LogP contribution in [0.15, 0.2) is 18.2 Å². The molecule has 5 heteroatoms. The Morgan fingerprint density at radius 3 is 2.84 bits per heavy atom. The molecule has 0 spiro atoms. The van der Waals surface area contributed by atoms with Gasteiger partial charge in [0.15, 0.2) is 0 Å². The van der Waals surface area contributed by atoms with Crippen LogP contribution in [0.5, 0.6) is 0 Å². The standard InChI is InChI=1S/C14H19ClN2O2/c1-11-3-4-12-13(9-11)17(14(10-15)16-12)5-6-19-8-7-18-2/h3-4,9H,5-8,10H2,1-2H3. The second kappa shape index (κ2) is 6.89. The van der Waals surface area contributed by atoms with Crippen LogP contribution in [0.3, 0.4) is 0 Å². The van der Waals surface area contributed by atoms with E-state index < -0.39 is 0 Å². The Labute approximate surface area is 118 Å². The van der Waals surface area contributed by atoms with Crippen LogP contribution in [-0.4, -0.2) is 36.5 Å².